The minimum Gasteiger partial charge on any atom is -0.392 e. The van der Waals surface area contributed by atoms with E-state index in [-0.39, 0.29) is 24.2 Å². The van der Waals surface area contributed by atoms with Crippen molar-refractivity contribution in [1.29, 1.82) is 0 Å². The molecule has 0 saturated carbocycles. The van der Waals surface area contributed by atoms with Gasteiger partial charge in [0.1, 0.15) is 0 Å². The number of aliphatic hydroxyl groups excluding tert-OH is 1. The number of aliphatic hydroxyl groups is 1. The lowest BCUT2D eigenvalue weighted by Gasteiger charge is -2.12. The fourth-order valence-electron chi connectivity index (χ4n) is 2.53. The van der Waals surface area contributed by atoms with Crippen LogP contribution in [-0.4, -0.2) is 56.6 Å². The van der Waals surface area contributed by atoms with E-state index >= 15 is 0 Å². The zero-order valence-electron chi connectivity index (χ0n) is 12.5. The summed E-state index contributed by atoms with van der Waals surface area (Å²) in [5.41, 5.74) is 1.53. The van der Waals surface area contributed by atoms with E-state index in [1.165, 1.54) is 0 Å². The monoisotopic (exact) mass is 302 g/mol. The van der Waals surface area contributed by atoms with E-state index in [1.807, 2.05) is 24.7 Å². The molecule has 1 aliphatic carbocycles. The number of aliphatic imine (C=N–C) groups is 1. The van der Waals surface area contributed by atoms with Crippen molar-refractivity contribution >= 4 is 23.5 Å². The van der Waals surface area contributed by atoms with Gasteiger partial charge in [-0.05, 0) is 18.4 Å². The molecule has 0 radical (unpaired) electrons. The van der Waals surface area contributed by atoms with Crippen molar-refractivity contribution in [2.75, 3.05) is 20.7 Å². The van der Waals surface area contributed by atoms with Gasteiger partial charge in [-0.15, -0.1) is 0 Å². The van der Waals surface area contributed by atoms with Crippen molar-refractivity contribution in [3.63, 3.8) is 0 Å². The van der Waals surface area contributed by atoms with Crippen LogP contribution in [0, 0.1) is 0 Å². The molecule has 0 unspecified atom stereocenters. The van der Waals surface area contributed by atoms with Crippen LogP contribution >= 0.6 is 0 Å². The normalized spacial score (nSPS) is 18.3. The molecule has 22 heavy (non-hydrogen) atoms. The number of H-pyrrole nitrogens is 1. The average molecular weight is 302 g/mol. The van der Waals surface area contributed by atoms with Crippen LogP contribution in [0.3, 0.4) is 0 Å². The number of hydrogen-bond acceptors (Lipinski definition) is 5. The van der Waals surface area contributed by atoms with Crippen molar-refractivity contribution in [1.82, 2.24) is 24.4 Å². The van der Waals surface area contributed by atoms with Gasteiger partial charge in [0.15, 0.2) is 11.2 Å². The van der Waals surface area contributed by atoms with Gasteiger partial charge in [0.25, 0.3) is 5.56 Å². The van der Waals surface area contributed by atoms with Gasteiger partial charge in [0.05, 0.1) is 19.3 Å². The molecule has 0 aromatic carbocycles. The highest BCUT2D eigenvalue weighted by Gasteiger charge is 2.21. The third kappa shape index (κ3) is 2.64. The number of fused-ring (bicyclic) bond motifs is 1. The number of imidazole rings is 1. The number of nitrogens with one attached hydrogen (secondary N) is 1. The van der Waals surface area contributed by atoms with Crippen LogP contribution in [0.5, 0.6) is 0 Å². The Labute approximate surface area is 126 Å². The van der Waals surface area contributed by atoms with E-state index in [2.05, 4.69) is 19.9 Å². The summed E-state index contributed by atoms with van der Waals surface area (Å²) < 4.78 is 1.89. The number of aromatic amines is 1. The van der Waals surface area contributed by atoms with Gasteiger partial charge in [-0.3, -0.25) is 9.78 Å². The van der Waals surface area contributed by atoms with Crippen LogP contribution in [0.25, 0.3) is 11.2 Å². The Kier molecular flexibility index (Phi) is 3.76. The Bertz CT molecular complexity index is 801. The Morgan fingerprint density at radius 2 is 2.41 bits per heavy atom. The summed E-state index contributed by atoms with van der Waals surface area (Å²) in [6.45, 7) is 0.0650. The third-order valence-electron chi connectivity index (χ3n) is 3.60. The van der Waals surface area contributed by atoms with Gasteiger partial charge in [-0.1, -0.05) is 6.08 Å². The molecular formula is C14H18N6O2. The molecular weight excluding hydrogens is 284 g/mol. The number of allylic oxidation sites excluding steroid dienone is 1. The van der Waals surface area contributed by atoms with Gasteiger partial charge >= 0.3 is 0 Å². The minimum atomic E-state index is -0.303. The molecule has 3 rings (SSSR count). The highest BCUT2D eigenvalue weighted by molar-refractivity contribution is 5.71. The number of rotatable bonds is 4. The molecule has 8 nitrogen and oxygen atoms in total. The molecule has 2 aromatic heterocycles. The molecule has 0 aliphatic heterocycles. The average Bonchev–Trinajstić information content (AvgIpc) is 3.11. The van der Waals surface area contributed by atoms with Gasteiger partial charge in [0.2, 0.25) is 5.95 Å². The summed E-state index contributed by atoms with van der Waals surface area (Å²) in [7, 11) is 3.68. The molecule has 0 fully saturated rings. The lowest BCUT2D eigenvalue weighted by molar-refractivity contribution is 0.325. The van der Waals surface area contributed by atoms with E-state index in [0.29, 0.717) is 11.2 Å². The van der Waals surface area contributed by atoms with E-state index in [4.69, 9.17) is 0 Å². The standard InChI is InChI=1S/C14H18N6O2/c1-19(2)7-16-14-17-12-11(13(22)18-14)15-8-20(12)10-4-3-9(5-10)6-21/h3,7-8,10,21H,4-6H2,1-2H3,(H,17,18,22)/b16-7+/t10-/m0/s1. The molecule has 1 aliphatic rings. The molecule has 0 bridgehead atoms. The summed E-state index contributed by atoms with van der Waals surface area (Å²) in [5, 5.41) is 9.22. The molecule has 0 spiro atoms. The Morgan fingerprint density at radius 1 is 1.59 bits per heavy atom. The van der Waals surface area contributed by atoms with Gasteiger partial charge in [-0.25, -0.2) is 9.98 Å². The topological polar surface area (TPSA) is 99.4 Å². The SMILES string of the molecule is CN(C)/C=N/c1nc2c(ncn2[C@H]2CC=C(CO)C2)c(=O)[nH]1. The van der Waals surface area contributed by atoms with Crippen LogP contribution in [-0.2, 0) is 0 Å². The first kappa shape index (κ1) is 14.5. The molecule has 0 amide bonds. The van der Waals surface area contributed by atoms with Crippen molar-refractivity contribution < 1.29 is 5.11 Å². The zero-order chi connectivity index (χ0) is 15.7. The van der Waals surface area contributed by atoms with E-state index in [1.54, 1.807) is 17.6 Å². The lowest BCUT2D eigenvalue weighted by Crippen LogP contribution is -2.12. The summed E-state index contributed by atoms with van der Waals surface area (Å²) in [6, 6.07) is 0.132. The molecule has 2 N–H and O–H groups in total. The third-order valence-corrected chi connectivity index (χ3v) is 3.60. The molecule has 2 aromatic rings. The summed E-state index contributed by atoms with van der Waals surface area (Å²) in [5.74, 6) is 0.251. The summed E-state index contributed by atoms with van der Waals surface area (Å²) in [4.78, 5) is 29.1. The molecule has 1 atom stereocenters. The van der Waals surface area contributed by atoms with Crippen molar-refractivity contribution in [2.45, 2.75) is 18.9 Å². The van der Waals surface area contributed by atoms with E-state index < -0.39 is 0 Å². The second-order valence-corrected chi connectivity index (χ2v) is 5.54. The van der Waals surface area contributed by atoms with Gasteiger partial charge < -0.3 is 14.6 Å². The second kappa shape index (κ2) is 5.72. The maximum Gasteiger partial charge on any atom is 0.280 e. The largest absolute Gasteiger partial charge is 0.392 e. The van der Waals surface area contributed by atoms with Crippen molar-refractivity contribution in [3.8, 4) is 0 Å². The van der Waals surface area contributed by atoms with Crippen LogP contribution < -0.4 is 5.56 Å². The number of aromatic nitrogens is 4. The molecule has 2 heterocycles. The first-order valence-corrected chi connectivity index (χ1v) is 7.04. The second-order valence-electron chi connectivity index (χ2n) is 5.54. The molecule has 8 heteroatoms. The maximum absolute atomic E-state index is 12.1. The van der Waals surface area contributed by atoms with Crippen molar-refractivity contribution in [3.05, 3.63) is 28.3 Å². The highest BCUT2D eigenvalue weighted by atomic mass is 16.3. The Hall–Kier alpha value is -2.48. The van der Waals surface area contributed by atoms with Gasteiger partial charge in [-0.2, -0.15) is 4.98 Å². The zero-order valence-corrected chi connectivity index (χ0v) is 12.5. The smallest absolute Gasteiger partial charge is 0.280 e. The number of nitrogens with zero attached hydrogens (tertiary/aromatic N) is 5. The minimum absolute atomic E-state index is 0.0650. The number of hydrogen-bond donors (Lipinski definition) is 2. The Morgan fingerprint density at radius 3 is 3.09 bits per heavy atom. The highest BCUT2D eigenvalue weighted by Crippen LogP contribution is 2.30. The predicted molar refractivity (Wildman–Crippen MR) is 83.4 cm³/mol. The Balaban J connectivity index is 2.00. The summed E-state index contributed by atoms with van der Waals surface area (Å²) >= 11 is 0. The first-order valence-electron chi connectivity index (χ1n) is 7.04. The van der Waals surface area contributed by atoms with E-state index in [9.17, 15) is 9.90 Å². The predicted octanol–water partition coefficient (Wildman–Crippen LogP) is 0.595. The molecule has 0 saturated heterocycles. The van der Waals surface area contributed by atoms with Crippen LogP contribution in [0.15, 0.2) is 27.8 Å². The fourth-order valence-corrected chi connectivity index (χ4v) is 2.53. The van der Waals surface area contributed by atoms with Crippen LogP contribution in [0.2, 0.25) is 0 Å². The van der Waals surface area contributed by atoms with E-state index in [0.717, 1.165) is 18.4 Å². The van der Waals surface area contributed by atoms with Crippen molar-refractivity contribution in [2.24, 2.45) is 4.99 Å². The van der Waals surface area contributed by atoms with Gasteiger partial charge in [0, 0.05) is 20.1 Å². The summed E-state index contributed by atoms with van der Waals surface area (Å²) in [6.07, 6.45) is 6.77. The first-order chi connectivity index (χ1) is 10.6. The van der Waals surface area contributed by atoms with Crippen LogP contribution in [0.4, 0.5) is 5.95 Å². The quantitative estimate of drug-likeness (QED) is 0.489. The lowest BCUT2D eigenvalue weighted by atomic mass is 10.2. The molecule has 116 valence electrons. The maximum atomic E-state index is 12.1. The fraction of sp³-hybridized carbons (Fsp3) is 0.429. The van der Waals surface area contributed by atoms with Crippen LogP contribution in [0.1, 0.15) is 18.9 Å².